The van der Waals surface area contributed by atoms with Gasteiger partial charge in [-0.1, -0.05) is 18.2 Å². The number of aromatic amines is 1. The van der Waals surface area contributed by atoms with E-state index < -0.39 is 0 Å². The Morgan fingerprint density at radius 3 is 2.82 bits per heavy atom. The van der Waals surface area contributed by atoms with E-state index in [1.807, 2.05) is 30.3 Å². The van der Waals surface area contributed by atoms with Gasteiger partial charge >= 0.3 is 0 Å². The van der Waals surface area contributed by atoms with Crippen LogP contribution < -0.4 is 0 Å². The van der Waals surface area contributed by atoms with Crippen LogP contribution in [-0.4, -0.2) is 9.54 Å². The Morgan fingerprint density at radius 1 is 1.27 bits per heavy atom. The lowest BCUT2D eigenvalue weighted by molar-refractivity contribution is 0.661. The molecule has 56 valence electrons. The second-order valence-electron chi connectivity index (χ2n) is 2.31. The number of hydrogen-bond acceptors (Lipinski definition) is 2. The molecule has 0 spiro atoms. The van der Waals surface area contributed by atoms with Crippen molar-refractivity contribution in [1.82, 2.24) is 4.98 Å². The molecule has 1 aromatic heterocycles. The van der Waals surface area contributed by atoms with Crippen LogP contribution >= 0.6 is 12.0 Å². The Hall–Kier alpha value is -0.930. The summed E-state index contributed by atoms with van der Waals surface area (Å²) in [4.78, 5) is 3.06. The number of fused-ring (bicyclic) bond motifs is 1. The van der Waals surface area contributed by atoms with E-state index in [0.717, 1.165) is 28.0 Å². The molecule has 11 heavy (non-hydrogen) atoms. The monoisotopic (exact) mass is 165 g/mol. The molecule has 0 atom stereocenters. The second-order valence-corrected chi connectivity index (χ2v) is 2.93. The highest BCUT2D eigenvalue weighted by Gasteiger charge is 1.97. The fourth-order valence-corrected chi connectivity index (χ4v) is 1.43. The summed E-state index contributed by atoms with van der Waals surface area (Å²) in [7, 11) is 0. The smallest absolute Gasteiger partial charge is 0.101 e. The van der Waals surface area contributed by atoms with Crippen molar-refractivity contribution in [1.29, 1.82) is 0 Å². The number of hydrogen-bond donors (Lipinski definition) is 2. The number of nitrogens with one attached hydrogen (secondary N) is 1. The quantitative estimate of drug-likeness (QED) is 0.637. The minimum absolute atomic E-state index is 0.739. The first-order valence-electron chi connectivity index (χ1n) is 3.29. The summed E-state index contributed by atoms with van der Waals surface area (Å²) >= 11 is 0.739. The average molecular weight is 165 g/mol. The van der Waals surface area contributed by atoms with Crippen LogP contribution in [0.15, 0.2) is 35.4 Å². The highest BCUT2D eigenvalue weighted by atomic mass is 32.2. The Kier molecular flexibility index (Phi) is 1.60. The largest absolute Gasteiger partial charge is 0.348 e. The van der Waals surface area contributed by atoms with Gasteiger partial charge < -0.3 is 9.54 Å². The molecule has 0 radical (unpaired) electrons. The van der Waals surface area contributed by atoms with Gasteiger partial charge in [0.25, 0.3) is 0 Å². The maximum atomic E-state index is 8.72. The SMILES string of the molecule is OSc1cc2ccccc2[nH]1. The van der Waals surface area contributed by atoms with Crippen molar-refractivity contribution in [3.8, 4) is 0 Å². The first-order chi connectivity index (χ1) is 5.40. The zero-order valence-corrected chi connectivity index (χ0v) is 6.56. The van der Waals surface area contributed by atoms with E-state index in [9.17, 15) is 0 Å². The Morgan fingerprint density at radius 2 is 2.09 bits per heavy atom. The molecule has 0 aliphatic rings. The Bertz CT molecular complexity index is 336. The van der Waals surface area contributed by atoms with Crippen LogP contribution in [0.3, 0.4) is 0 Å². The predicted molar refractivity (Wildman–Crippen MR) is 46.8 cm³/mol. The van der Waals surface area contributed by atoms with Gasteiger partial charge in [0.1, 0.15) is 5.03 Å². The summed E-state index contributed by atoms with van der Waals surface area (Å²) in [6.45, 7) is 0. The van der Waals surface area contributed by atoms with E-state index in [4.69, 9.17) is 4.55 Å². The van der Waals surface area contributed by atoms with Crippen LogP contribution in [0.4, 0.5) is 0 Å². The number of aromatic nitrogens is 1. The molecule has 0 saturated heterocycles. The second kappa shape index (κ2) is 2.60. The van der Waals surface area contributed by atoms with Gasteiger partial charge in [-0.3, -0.25) is 0 Å². The molecule has 0 unspecified atom stereocenters. The standard InChI is InChI=1S/C8H7NOS/c10-11-8-5-6-3-1-2-4-7(6)9-8/h1-5,9-10H. The molecule has 3 heteroatoms. The summed E-state index contributed by atoms with van der Waals surface area (Å²) in [6.07, 6.45) is 0. The van der Waals surface area contributed by atoms with Crippen molar-refractivity contribution in [3.63, 3.8) is 0 Å². The van der Waals surface area contributed by atoms with Crippen LogP contribution in [0.2, 0.25) is 0 Å². The summed E-state index contributed by atoms with van der Waals surface area (Å²) < 4.78 is 8.72. The molecular weight excluding hydrogens is 158 g/mol. The van der Waals surface area contributed by atoms with Gasteiger partial charge in [0.05, 0.1) is 0 Å². The Balaban J connectivity index is 2.69. The van der Waals surface area contributed by atoms with E-state index >= 15 is 0 Å². The van der Waals surface area contributed by atoms with Gasteiger partial charge in [-0.05, 0) is 12.1 Å². The Labute approximate surface area is 68.4 Å². The van der Waals surface area contributed by atoms with Gasteiger partial charge in [-0.15, -0.1) is 0 Å². The van der Waals surface area contributed by atoms with E-state index in [0.29, 0.717) is 0 Å². The highest BCUT2D eigenvalue weighted by molar-refractivity contribution is 7.93. The molecule has 0 aliphatic carbocycles. The maximum absolute atomic E-state index is 8.72. The van der Waals surface area contributed by atoms with E-state index in [1.165, 1.54) is 0 Å². The summed E-state index contributed by atoms with van der Waals surface area (Å²) in [5.74, 6) is 0. The zero-order chi connectivity index (χ0) is 7.68. The molecule has 0 fully saturated rings. The lowest BCUT2D eigenvalue weighted by atomic mass is 10.3. The number of benzene rings is 1. The molecule has 2 aromatic rings. The van der Waals surface area contributed by atoms with Gasteiger partial charge in [0, 0.05) is 22.9 Å². The third-order valence-corrected chi connectivity index (χ3v) is 2.02. The fraction of sp³-hybridized carbons (Fsp3) is 0. The molecule has 0 amide bonds. The fourth-order valence-electron chi connectivity index (χ4n) is 1.10. The van der Waals surface area contributed by atoms with Crippen LogP contribution in [0.5, 0.6) is 0 Å². The maximum Gasteiger partial charge on any atom is 0.101 e. The molecule has 2 N–H and O–H groups in total. The first kappa shape index (κ1) is 6.76. The zero-order valence-electron chi connectivity index (χ0n) is 5.74. The van der Waals surface area contributed by atoms with Crippen LogP contribution in [0.1, 0.15) is 0 Å². The molecule has 0 bridgehead atoms. The van der Waals surface area contributed by atoms with E-state index in [2.05, 4.69) is 4.98 Å². The van der Waals surface area contributed by atoms with Crippen molar-refractivity contribution in [2.75, 3.05) is 0 Å². The lowest BCUT2D eigenvalue weighted by Crippen LogP contribution is -1.65. The third kappa shape index (κ3) is 1.13. The summed E-state index contributed by atoms with van der Waals surface area (Å²) in [5.41, 5.74) is 1.06. The van der Waals surface area contributed by atoms with E-state index in [-0.39, 0.29) is 0 Å². The molecular formula is C8H7NOS. The third-order valence-electron chi connectivity index (χ3n) is 1.60. The summed E-state index contributed by atoms with van der Waals surface area (Å²) in [6, 6.07) is 9.84. The normalized spacial score (nSPS) is 10.6. The predicted octanol–water partition coefficient (Wildman–Crippen LogP) is 2.73. The molecule has 1 aromatic carbocycles. The van der Waals surface area contributed by atoms with Gasteiger partial charge in [-0.2, -0.15) is 0 Å². The molecule has 2 nitrogen and oxygen atoms in total. The minimum Gasteiger partial charge on any atom is -0.348 e. The number of para-hydroxylation sites is 1. The number of rotatable bonds is 1. The molecule has 0 saturated carbocycles. The van der Waals surface area contributed by atoms with Crippen molar-refractivity contribution >= 4 is 22.9 Å². The van der Waals surface area contributed by atoms with Crippen LogP contribution in [0.25, 0.3) is 10.9 Å². The van der Waals surface area contributed by atoms with Crippen LogP contribution in [-0.2, 0) is 0 Å². The van der Waals surface area contributed by atoms with Crippen LogP contribution in [0, 0.1) is 0 Å². The van der Waals surface area contributed by atoms with Crippen molar-refractivity contribution in [2.24, 2.45) is 0 Å². The lowest BCUT2D eigenvalue weighted by Gasteiger charge is -1.84. The van der Waals surface area contributed by atoms with Crippen molar-refractivity contribution in [2.45, 2.75) is 5.03 Å². The van der Waals surface area contributed by atoms with Gasteiger partial charge in [-0.25, -0.2) is 0 Å². The molecule has 0 aliphatic heterocycles. The van der Waals surface area contributed by atoms with Gasteiger partial charge in [0.15, 0.2) is 0 Å². The van der Waals surface area contributed by atoms with Crippen molar-refractivity contribution < 1.29 is 4.55 Å². The number of H-pyrrole nitrogens is 1. The topological polar surface area (TPSA) is 36.0 Å². The average Bonchev–Trinajstić information content (AvgIpc) is 2.46. The summed E-state index contributed by atoms with van der Waals surface area (Å²) in [5, 5.41) is 1.91. The van der Waals surface area contributed by atoms with Crippen molar-refractivity contribution in [3.05, 3.63) is 30.3 Å². The molecule has 2 rings (SSSR count). The minimum atomic E-state index is 0.739. The molecule has 1 heterocycles. The van der Waals surface area contributed by atoms with Gasteiger partial charge in [0.2, 0.25) is 0 Å². The highest BCUT2D eigenvalue weighted by Crippen LogP contribution is 2.20. The van der Waals surface area contributed by atoms with E-state index in [1.54, 1.807) is 0 Å². The first-order valence-corrected chi connectivity index (χ1v) is 4.06.